The van der Waals surface area contributed by atoms with Crippen LogP contribution in [0.3, 0.4) is 0 Å². The Bertz CT molecular complexity index is 1210. The molecule has 0 atom stereocenters. The van der Waals surface area contributed by atoms with Gasteiger partial charge in [0.2, 0.25) is 0 Å². The second-order valence-electron chi connectivity index (χ2n) is 9.39. The highest BCUT2D eigenvalue weighted by Crippen LogP contribution is 2.39. The topological polar surface area (TPSA) is 77.3 Å². The van der Waals surface area contributed by atoms with E-state index >= 15 is 0 Å². The number of nitrogens with zero attached hydrogens (tertiary/aromatic N) is 5. The third-order valence-corrected chi connectivity index (χ3v) is 6.48. The lowest BCUT2D eigenvalue weighted by Gasteiger charge is -2.56. The quantitative estimate of drug-likeness (QED) is 0.697. The largest absolute Gasteiger partial charge is 0.380 e. The van der Waals surface area contributed by atoms with Crippen molar-refractivity contribution < 1.29 is 4.74 Å². The minimum Gasteiger partial charge on any atom is -0.380 e. The van der Waals surface area contributed by atoms with Gasteiger partial charge >= 0.3 is 0 Å². The van der Waals surface area contributed by atoms with Crippen LogP contribution in [0.4, 0.5) is 5.82 Å². The normalized spacial score (nSPS) is 17.6. The monoisotopic (exact) mass is 444 g/mol. The highest BCUT2D eigenvalue weighted by Gasteiger charge is 2.49. The summed E-state index contributed by atoms with van der Waals surface area (Å²) in [5.41, 5.74) is 4.97. The lowest BCUT2D eigenvalue weighted by molar-refractivity contribution is -0.178. The van der Waals surface area contributed by atoms with Gasteiger partial charge in [0.05, 0.1) is 36.0 Å². The Kier molecular flexibility index (Phi) is 6.50. The van der Waals surface area contributed by atoms with Gasteiger partial charge in [0.15, 0.2) is 5.82 Å². The number of rotatable bonds is 7. The second-order valence-corrected chi connectivity index (χ2v) is 9.39. The molecule has 2 aliphatic rings. The van der Waals surface area contributed by atoms with Gasteiger partial charge < -0.3 is 19.9 Å². The molecule has 0 bridgehead atoms. The maximum absolute atomic E-state index is 9.35. The molecule has 1 aromatic heterocycles. The van der Waals surface area contributed by atoms with Crippen molar-refractivity contribution in [2.45, 2.75) is 26.9 Å². The van der Waals surface area contributed by atoms with Crippen molar-refractivity contribution >= 4 is 18.0 Å². The molecule has 1 aromatic carbocycles. The Hall–Kier alpha value is -3.21. The van der Waals surface area contributed by atoms with E-state index in [-0.39, 0.29) is 0 Å². The Morgan fingerprint density at radius 2 is 2.06 bits per heavy atom. The van der Waals surface area contributed by atoms with Crippen LogP contribution in [-0.4, -0.2) is 60.4 Å². The molecule has 0 aliphatic carbocycles. The van der Waals surface area contributed by atoms with E-state index in [0.29, 0.717) is 24.1 Å². The summed E-state index contributed by atoms with van der Waals surface area (Å²) in [7, 11) is 4.06. The predicted octanol–water partition coefficient (Wildman–Crippen LogP) is 1.76. The van der Waals surface area contributed by atoms with Crippen LogP contribution in [0.15, 0.2) is 30.5 Å². The molecule has 1 spiro atoms. The molecule has 2 saturated heterocycles. The molecule has 0 unspecified atom stereocenters. The van der Waals surface area contributed by atoms with Crippen molar-refractivity contribution in [2.75, 3.05) is 45.7 Å². The fourth-order valence-corrected chi connectivity index (χ4v) is 4.49. The summed E-state index contributed by atoms with van der Waals surface area (Å²) >= 11 is 0. The zero-order valence-electron chi connectivity index (χ0n) is 20.0. The van der Waals surface area contributed by atoms with E-state index < -0.39 is 0 Å². The van der Waals surface area contributed by atoms with Gasteiger partial charge in [-0.05, 0) is 51.2 Å². The summed E-state index contributed by atoms with van der Waals surface area (Å²) in [5.74, 6) is 0.718. The molecule has 7 nitrogen and oxygen atoms in total. The molecular weight excluding hydrogens is 412 g/mol. The lowest BCUT2D eigenvalue weighted by Crippen LogP contribution is -2.65. The zero-order valence-corrected chi connectivity index (χ0v) is 20.0. The maximum Gasteiger partial charge on any atom is 0.156 e. The summed E-state index contributed by atoms with van der Waals surface area (Å²) in [5, 5.41) is 24.0. The average molecular weight is 445 g/mol. The number of hydrogen-bond donors (Lipinski definition) is 1. The molecule has 172 valence electrons. The number of ether oxygens (including phenoxy) is 1. The van der Waals surface area contributed by atoms with Crippen LogP contribution in [0.1, 0.15) is 29.3 Å². The first kappa shape index (κ1) is 23.0. The van der Waals surface area contributed by atoms with E-state index in [0.717, 1.165) is 65.1 Å². The fourth-order valence-electron chi connectivity index (χ4n) is 4.49. The van der Waals surface area contributed by atoms with Gasteiger partial charge in [-0.1, -0.05) is 24.8 Å². The number of likely N-dealkylation sites (tertiary alicyclic amines) is 1. The Balaban J connectivity index is 1.67. The van der Waals surface area contributed by atoms with Crippen LogP contribution in [0.5, 0.6) is 0 Å². The van der Waals surface area contributed by atoms with Gasteiger partial charge in [0.1, 0.15) is 0 Å². The highest BCUT2D eigenvalue weighted by molar-refractivity contribution is 5.54. The summed E-state index contributed by atoms with van der Waals surface area (Å²) in [4.78, 5) is 4.40. The lowest BCUT2D eigenvalue weighted by atomic mass is 9.78. The van der Waals surface area contributed by atoms with Gasteiger partial charge in [-0.3, -0.25) is 0 Å². The van der Waals surface area contributed by atoms with E-state index in [2.05, 4.69) is 50.1 Å². The van der Waals surface area contributed by atoms with Gasteiger partial charge in [0, 0.05) is 42.3 Å². The molecule has 33 heavy (non-hydrogen) atoms. The van der Waals surface area contributed by atoms with Crippen LogP contribution in [0.25, 0.3) is 12.2 Å². The molecule has 7 heteroatoms. The third-order valence-electron chi connectivity index (χ3n) is 6.48. The van der Waals surface area contributed by atoms with E-state index in [4.69, 9.17) is 4.74 Å². The number of anilines is 1. The van der Waals surface area contributed by atoms with Gasteiger partial charge in [-0.25, -0.2) is 0 Å². The summed E-state index contributed by atoms with van der Waals surface area (Å²) < 4.78 is 5.41. The fraction of sp³-hybridized carbons (Fsp3) is 0.423. The minimum atomic E-state index is 0.327. The number of hydrogen-bond acceptors (Lipinski definition) is 7. The first-order valence-electron chi connectivity index (χ1n) is 11.3. The Morgan fingerprint density at radius 3 is 2.67 bits per heavy atom. The molecule has 0 saturated carbocycles. The molecule has 0 radical (unpaired) electrons. The predicted molar refractivity (Wildman–Crippen MR) is 130 cm³/mol. The molecule has 4 rings (SSSR count). The van der Waals surface area contributed by atoms with Crippen molar-refractivity contribution in [3.05, 3.63) is 63.3 Å². The number of benzene rings is 1. The van der Waals surface area contributed by atoms with E-state index in [1.165, 1.54) is 0 Å². The Labute approximate surface area is 195 Å². The van der Waals surface area contributed by atoms with Gasteiger partial charge in [-0.15, -0.1) is 5.10 Å². The van der Waals surface area contributed by atoms with Crippen LogP contribution >= 0.6 is 0 Å². The van der Waals surface area contributed by atoms with Crippen LogP contribution in [-0.2, 0) is 17.8 Å². The van der Waals surface area contributed by atoms with E-state index in [1.807, 2.05) is 46.1 Å². The van der Waals surface area contributed by atoms with Crippen molar-refractivity contribution in [3.8, 4) is 6.07 Å². The third kappa shape index (κ3) is 4.63. The number of aromatic nitrogens is 2. The van der Waals surface area contributed by atoms with E-state index in [1.54, 1.807) is 0 Å². The SMILES string of the molecule is C=C(/C=c1/c(NCc2cccc(C#N)c2C)nnc(CN(C)C)/c1=C/C)N1CC2(COC2)C1. The van der Waals surface area contributed by atoms with Crippen LogP contribution in [0, 0.1) is 23.7 Å². The number of nitrogens with one attached hydrogen (secondary N) is 1. The summed E-state index contributed by atoms with van der Waals surface area (Å²) in [6, 6.07) is 8.05. The standard InChI is InChI=1S/C26H32N6O/c1-6-22-23(10-18(2)32-14-26(15-32)16-33-17-26)25(30-29-24(22)13-31(4)5)28-12-21-9-7-8-20(11-27)19(21)3/h6-10H,2,12-17H2,1,3-5H3,(H,28,30)/b22-6+,23-10+. The van der Waals surface area contributed by atoms with E-state index in [9.17, 15) is 5.26 Å². The number of allylic oxidation sites excluding steroid dienone is 1. The molecule has 1 N–H and O–H groups in total. The molecule has 2 fully saturated rings. The van der Waals surface area contributed by atoms with Crippen LogP contribution in [0.2, 0.25) is 0 Å². The van der Waals surface area contributed by atoms with Crippen LogP contribution < -0.4 is 15.8 Å². The highest BCUT2D eigenvalue weighted by atomic mass is 16.5. The zero-order chi connectivity index (χ0) is 23.6. The number of nitriles is 1. The Morgan fingerprint density at radius 1 is 1.30 bits per heavy atom. The van der Waals surface area contributed by atoms with Crippen molar-refractivity contribution in [2.24, 2.45) is 5.41 Å². The molecule has 3 heterocycles. The molecule has 0 amide bonds. The first-order chi connectivity index (χ1) is 15.9. The van der Waals surface area contributed by atoms with Gasteiger partial charge in [-0.2, -0.15) is 10.4 Å². The van der Waals surface area contributed by atoms with Crippen molar-refractivity contribution in [1.29, 1.82) is 5.26 Å². The average Bonchev–Trinajstić information content (AvgIpc) is 2.71. The smallest absolute Gasteiger partial charge is 0.156 e. The molecule has 2 aromatic rings. The molecule has 2 aliphatic heterocycles. The summed E-state index contributed by atoms with van der Waals surface area (Å²) in [6.45, 7) is 13.3. The van der Waals surface area contributed by atoms with Crippen molar-refractivity contribution in [3.63, 3.8) is 0 Å². The first-order valence-corrected chi connectivity index (χ1v) is 11.3. The second kappa shape index (κ2) is 9.34. The maximum atomic E-state index is 9.35. The summed E-state index contributed by atoms with van der Waals surface area (Å²) in [6.07, 6.45) is 4.22. The van der Waals surface area contributed by atoms with Gasteiger partial charge in [0.25, 0.3) is 0 Å². The molecular formula is C26H32N6O. The van der Waals surface area contributed by atoms with Crippen molar-refractivity contribution in [1.82, 2.24) is 20.0 Å². The minimum absolute atomic E-state index is 0.327.